The molecule has 1 aromatic heterocycles. The van der Waals surface area contributed by atoms with Gasteiger partial charge in [0, 0.05) is 16.4 Å². The van der Waals surface area contributed by atoms with Crippen LogP contribution in [0.5, 0.6) is 0 Å². The molecule has 0 radical (unpaired) electrons. The number of H-pyrrole nitrogens is 1. The van der Waals surface area contributed by atoms with Crippen LogP contribution in [-0.2, 0) is 12.1 Å². The van der Waals surface area contributed by atoms with Crippen molar-refractivity contribution in [3.05, 3.63) is 11.3 Å². The van der Waals surface area contributed by atoms with E-state index in [4.69, 9.17) is 0 Å². The Bertz CT molecular complexity index is 864. The SMILES string of the molecule is CC(C)[C@@H](CC(C)(C)O)NC(=O)N1Cc2c(NC(O)C3(S(C)(C)C)CCC3)n[nH]c2C1(C)C. The minimum Gasteiger partial charge on any atom is -0.390 e. The van der Waals surface area contributed by atoms with Crippen molar-refractivity contribution >= 4 is 21.9 Å². The van der Waals surface area contributed by atoms with E-state index in [0.717, 1.165) is 30.5 Å². The van der Waals surface area contributed by atoms with Gasteiger partial charge in [0.2, 0.25) is 0 Å². The van der Waals surface area contributed by atoms with Crippen LogP contribution in [0.25, 0.3) is 0 Å². The molecule has 1 aliphatic carbocycles. The van der Waals surface area contributed by atoms with Crippen LogP contribution >= 0.6 is 10.0 Å². The highest BCUT2D eigenvalue weighted by Crippen LogP contribution is 2.62. The minimum absolute atomic E-state index is 0.106. The maximum absolute atomic E-state index is 13.3. The van der Waals surface area contributed by atoms with E-state index in [2.05, 4.69) is 53.4 Å². The molecule has 0 aromatic carbocycles. The number of aromatic nitrogens is 2. The van der Waals surface area contributed by atoms with E-state index >= 15 is 0 Å². The fourth-order valence-corrected chi connectivity index (χ4v) is 7.44. The number of fused-ring (bicyclic) bond motifs is 1. The first-order valence-corrected chi connectivity index (χ1v) is 14.9. The molecule has 3 rings (SSSR count). The molecular weight excluding hydrogens is 438 g/mol. The van der Waals surface area contributed by atoms with E-state index in [9.17, 15) is 15.0 Å². The van der Waals surface area contributed by atoms with Crippen LogP contribution < -0.4 is 10.6 Å². The van der Waals surface area contributed by atoms with Crippen LogP contribution in [0.2, 0.25) is 0 Å². The number of aliphatic hydroxyl groups is 2. The molecule has 1 unspecified atom stereocenters. The van der Waals surface area contributed by atoms with Gasteiger partial charge in [-0.1, -0.05) is 20.3 Å². The Kier molecular flexibility index (Phi) is 6.85. The molecule has 1 aliphatic heterocycles. The standard InChI is InChI=1S/C24H45N5O3S/c1-15(2)17(13-22(3,4)32)25-21(31)29-14-16-18(23(29,5)6)27-28-19(16)26-20(30)24(11-10-12-24)33(7,8)9/h15,17,20,30,32H,10-14H2,1-9H3,(H,25,31)(H2,26,27,28)/t17-,20?/m1/s1. The Morgan fingerprint density at radius 3 is 2.33 bits per heavy atom. The van der Waals surface area contributed by atoms with Crippen molar-refractivity contribution in [3.63, 3.8) is 0 Å². The second kappa shape index (κ2) is 8.64. The molecule has 190 valence electrons. The van der Waals surface area contributed by atoms with Gasteiger partial charge < -0.3 is 25.7 Å². The van der Waals surface area contributed by atoms with Crippen molar-refractivity contribution in [2.24, 2.45) is 5.92 Å². The third-order valence-corrected chi connectivity index (χ3v) is 10.8. The fourth-order valence-electron chi connectivity index (χ4n) is 5.20. The summed E-state index contributed by atoms with van der Waals surface area (Å²) in [4.78, 5) is 15.1. The number of amides is 2. The van der Waals surface area contributed by atoms with Crippen LogP contribution in [0.1, 0.15) is 78.5 Å². The molecule has 2 heterocycles. The van der Waals surface area contributed by atoms with Crippen molar-refractivity contribution in [2.75, 3.05) is 24.1 Å². The zero-order valence-electron chi connectivity index (χ0n) is 21.9. The van der Waals surface area contributed by atoms with Gasteiger partial charge in [0.1, 0.15) is 6.23 Å². The Morgan fingerprint density at radius 1 is 1.27 bits per heavy atom. The van der Waals surface area contributed by atoms with Crippen molar-refractivity contribution in [2.45, 2.75) is 102 Å². The van der Waals surface area contributed by atoms with Gasteiger partial charge in [0.15, 0.2) is 5.82 Å². The van der Waals surface area contributed by atoms with Crippen molar-refractivity contribution in [1.29, 1.82) is 0 Å². The van der Waals surface area contributed by atoms with Gasteiger partial charge in [-0.2, -0.15) is 5.10 Å². The maximum Gasteiger partial charge on any atom is 0.318 e. The normalized spacial score (nSPS) is 21.9. The number of aromatic amines is 1. The lowest BCUT2D eigenvalue weighted by molar-refractivity contribution is 0.0520. The summed E-state index contributed by atoms with van der Waals surface area (Å²) >= 11 is 0. The number of nitrogens with zero attached hydrogens (tertiary/aromatic N) is 2. The van der Waals surface area contributed by atoms with E-state index in [-0.39, 0.29) is 22.7 Å². The smallest absolute Gasteiger partial charge is 0.318 e. The first kappa shape index (κ1) is 26.2. The number of aliphatic hydroxyl groups excluding tert-OH is 1. The minimum atomic E-state index is -0.973. The summed E-state index contributed by atoms with van der Waals surface area (Å²) < 4.78 is -0.106. The Morgan fingerprint density at radius 2 is 1.88 bits per heavy atom. The van der Waals surface area contributed by atoms with Gasteiger partial charge in [-0.05, 0) is 71.6 Å². The van der Waals surface area contributed by atoms with Crippen molar-refractivity contribution < 1.29 is 15.0 Å². The average Bonchev–Trinajstić information content (AvgIpc) is 3.09. The summed E-state index contributed by atoms with van der Waals surface area (Å²) in [6.07, 6.45) is 9.78. The number of carbonyl (C=O) groups is 1. The summed E-state index contributed by atoms with van der Waals surface area (Å²) in [7, 11) is -0.973. The number of urea groups is 1. The molecular formula is C24H45N5O3S. The third kappa shape index (κ3) is 4.86. The first-order chi connectivity index (χ1) is 15.0. The zero-order chi connectivity index (χ0) is 25.0. The first-order valence-electron chi connectivity index (χ1n) is 12.0. The second-order valence-electron chi connectivity index (χ2n) is 12.2. The summed E-state index contributed by atoms with van der Waals surface area (Å²) in [5, 5.41) is 35.5. The van der Waals surface area contributed by atoms with Gasteiger partial charge in [0.05, 0.1) is 23.4 Å². The number of nitrogens with one attached hydrogen (secondary N) is 3. The molecule has 1 saturated carbocycles. The lowest BCUT2D eigenvalue weighted by atomic mass is 9.82. The quantitative estimate of drug-likeness (QED) is 0.362. The lowest BCUT2D eigenvalue weighted by Crippen LogP contribution is -2.54. The maximum atomic E-state index is 13.3. The molecule has 1 aromatic rings. The van der Waals surface area contributed by atoms with E-state index in [1.165, 1.54) is 0 Å². The average molecular weight is 484 g/mol. The summed E-state index contributed by atoms with van der Waals surface area (Å²) in [5.74, 6) is 0.823. The number of anilines is 1. The topological polar surface area (TPSA) is 114 Å². The molecule has 0 saturated heterocycles. The van der Waals surface area contributed by atoms with Crippen LogP contribution in [0.3, 0.4) is 0 Å². The van der Waals surface area contributed by atoms with Crippen LogP contribution in [0, 0.1) is 5.92 Å². The van der Waals surface area contributed by atoms with Crippen LogP contribution in [0.4, 0.5) is 10.6 Å². The van der Waals surface area contributed by atoms with Crippen molar-refractivity contribution in [1.82, 2.24) is 20.4 Å². The molecule has 2 aliphatic rings. The number of rotatable bonds is 8. The molecule has 8 nitrogen and oxygen atoms in total. The van der Waals surface area contributed by atoms with Gasteiger partial charge in [0.25, 0.3) is 0 Å². The highest BCUT2D eigenvalue weighted by Gasteiger charge is 2.51. The molecule has 2 atom stereocenters. The van der Waals surface area contributed by atoms with E-state index in [1.807, 2.05) is 13.8 Å². The highest BCUT2D eigenvalue weighted by molar-refractivity contribution is 8.33. The number of hydrogen-bond acceptors (Lipinski definition) is 5. The molecule has 2 amide bonds. The van der Waals surface area contributed by atoms with Gasteiger partial charge >= 0.3 is 6.03 Å². The number of hydrogen-bond donors (Lipinski definition) is 5. The van der Waals surface area contributed by atoms with E-state index < -0.39 is 27.4 Å². The summed E-state index contributed by atoms with van der Waals surface area (Å²) in [6, 6.07) is -0.299. The summed E-state index contributed by atoms with van der Waals surface area (Å²) in [6.45, 7) is 12.0. The predicted molar refractivity (Wildman–Crippen MR) is 137 cm³/mol. The monoisotopic (exact) mass is 483 g/mol. The van der Waals surface area contributed by atoms with Gasteiger partial charge in [-0.15, -0.1) is 0 Å². The lowest BCUT2D eigenvalue weighted by Gasteiger charge is -2.57. The number of carbonyl (C=O) groups excluding carboxylic acids is 1. The van der Waals surface area contributed by atoms with E-state index in [1.54, 1.807) is 18.7 Å². The fraction of sp³-hybridized carbons (Fsp3) is 0.833. The largest absolute Gasteiger partial charge is 0.390 e. The van der Waals surface area contributed by atoms with Crippen molar-refractivity contribution in [3.8, 4) is 0 Å². The zero-order valence-corrected chi connectivity index (χ0v) is 22.7. The molecule has 0 spiro atoms. The molecule has 33 heavy (non-hydrogen) atoms. The third-order valence-electron chi connectivity index (χ3n) is 7.74. The second-order valence-corrected chi connectivity index (χ2v) is 16.7. The molecule has 1 fully saturated rings. The van der Waals surface area contributed by atoms with Gasteiger partial charge in [-0.25, -0.2) is 14.8 Å². The Hall–Kier alpha value is -1.45. The van der Waals surface area contributed by atoms with Crippen LogP contribution in [0.15, 0.2) is 0 Å². The molecule has 0 bridgehead atoms. The van der Waals surface area contributed by atoms with Gasteiger partial charge in [-0.3, -0.25) is 5.10 Å². The Balaban J connectivity index is 1.77. The van der Waals surface area contributed by atoms with E-state index in [0.29, 0.717) is 18.8 Å². The van der Waals surface area contributed by atoms with Crippen LogP contribution in [-0.4, -0.2) is 72.7 Å². The molecule has 9 heteroatoms. The Labute approximate surface area is 200 Å². The summed E-state index contributed by atoms with van der Waals surface area (Å²) in [5.41, 5.74) is 0.381. The highest BCUT2D eigenvalue weighted by atomic mass is 32.3. The molecule has 5 N–H and O–H groups in total. The predicted octanol–water partition coefficient (Wildman–Crippen LogP) is 3.70.